The third-order valence-electron chi connectivity index (χ3n) is 0.535. The molecule has 0 aliphatic carbocycles. The normalized spacial score (nSPS) is 11.0. The standard InChI is InChI=1S/C4H8N2O2/c1-3(6-8)2-4(5)7/h2,6,8H,1H3,(H2,5,7). The highest BCUT2D eigenvalue weighted by atomic mass is 16.5. The fourth-order valence-corrected chi connectivity index (χ4v) is 0.246. The van der Waals surface area contributed by atoms with Crippen molar-refractivity contribution >= 4 is 5.91 Å². The summed E-state index contributed by atoms with van der Waals surface area (Å²) in [4.78, 5) is 9.96. The molecule has 0 saturated heterocycles. The molecule has 0 aliphatic rings. The molecule has 4 N–H and O–H groups in total. The number of amides is 1. The molecule has 0 aromatic heterocycles. The molecular weight excluding hydrogens is 108 g/mol. The van der Waals surface area contributed by atoms with E-state index < -0.39 is 5.91 Å². The minimum absolute atomic E-state index is 0.331. The van der Waals surface area contributed by atoms with E-state index in [9.17, 15) is 4.79 Å². The van der Waals surface area contributed by atoms with E-state index in [1.54, 1.807) is 5.48 Å². The second kappa shape index (κ2) is 3.04. The summed E-state index contributed by atoms with van der Waals surface area (Å²) in [7, 11) is 0. The maximum atomic E-state index is 9.96. The molecule has 4 nitrogen and oxygen atoms in total. The highest BCUT2D eigenvalue weighted by molar-refractivity contribution is 5.86. The number of hydrogen-bond donors (Lipinski definition) is 3. The zero-order chi connectivity index (χ0) is 6.57. The van der Waals surface area contributed by atoms with Crippen LogP contribution in [0.15, 0.2) is 11.8 Å². The van der Waals surface area contributed by atoms with E-state index in [-0.39, 0.29) is 0 Å². The molecule has 0 spiro atoms. The molecule has 8 heavy (non-hydrogen) atoms. The van der Waals surface area contributed by atoms with E-state index in [2.05, 4.69) is 0 Å². The van der Waals surface area contributed by atoms with Crippen molar-refractivity contribution in [3.8, 4) is 0 Å². The quantitative estimate of drug-likeness (QED) is 0.331. The van der Waals surface area contributed by atoms with Crippen molar-refractivity contribution < 1.29 is 10.0 Å². The van der Waals surface area contributed by atoms with E-state index in [1.807, 2.05) is 0 Å². The topological polar surface area (TPSA) is 75.4 Å². The number of rotatable bonds is 2. The predicted octanol–water partition coefficient (Wildman–Crippen LogP) is -0.646. The van der Waals surface area contributed by atoms with Crippen LogP contribution >= 0.6 is 0 Å². The molecule has 0 atom stereocenters. The molecule has 0 saturated carbocycles. The average Bonchev–Trinajstić information content (AvgIpc) is 1.65. The summed E-state index contributed by atoms with van der Waals surface area (Å²) in [6.07, 6.45) is 1.08. The van der Waals surface area contributed by atoms with Crippen LogP contribution in [0.3, 0.4) is 0 Å². The fraction of sp³-hybridized carbons (Fsp3) is 0.250. The molecule has 0 fully saturated rings. The first-order chi connectivity index (χ1) is 3.66. The lowest BCUT2D eigenvalue weighted by atomic mass is 10.4. The summed E-state index contributed by atoms with van der Waals surface area (Å²) >= 11 is 0. The third kappa shape index (κ3) is 3.17. The van der Waals surface area contributed by atoms with Gasteiger partial charge >= 0.3 is 0 Å². The number of carbonyl (C=O) groups excluding carboxylic acids is 1. The monoisotopic (exact) mass is 116 g/mol. The average molecular weight is 116 g/mol. The van der Waals surface area contributed by atoms with Gasteiger partial charge in [0.15, 0.2) is 0 Å². The Morgan fingerprint density at radius 2 is 2.38 bits per heavy atom. The highest BCUT2D eigenvalue weighted by Gasteiger charge is 1.85. The molecular formula is C4H8N2O2. The molecule has 46 valence electrons. The van der Waals surface area contributed by atoms with Crippen molar-refractivity contribution in [2.75, 3.05) is 0 Å². The van der Waals surface area contributed by atoms with Gasteiger partial charge in [0.05, 0.1) is 0 Å². The summed E-state index contributed by atoms with van der Waals surface area (Å²) in [6, 6.07) is 0. The number of nitrogens with two attached hydrogens (primary N) is 1. The number of hydroxylamine groups is 1. The Hall–Kier alpha value is -1.03. The van der Waals surface area contributed by atoms with E-state index in [0.717, 1.165) is 6.08 Å². The zero-order valence-corrected chi connectivity index (χ0v) is 4.51. The lowest BCUT2D eigenvalue weighted by molar-refractivity contribution is -0.113. The van der Waals surface area contributed by atoms with Gasteiger partial charge in [0, 0.05) is 11.8 Å². The molecule has 0 bridgehead atoms. The number of nitrogens with one attached hydrogen (secondary N) is 1. The van der Waals surface area contributed by atoms with E-state index in [4.69, 9.17) is 10.9 Å². The fourth-order valence-electron chi connectivity index (χ4n) is 0.246. The van der Waals surface area contributed by atoms with Crippen molar-refractivity contribution in [3.63, 3.8) is 0 Å². The molecule has 0 unspecified atom stereocenters. The number of carbonyl (C=O) groups is 1. The summed E-state index contributed by atoms with van der Waals surface area (Å²) in [5.41, 5.74) is 6.79. The first-order valence-corrected chi connectivity index (χ1v) is 2.04. The van der Waals surface area contributed by atoms with E-state index in [1.165, 1.54) is 6.92 Å². The van der Waals surface area contributed by atoms with Gasteiger partial charge in [0.1, 0.15) is 0 Å². The Morgan fingerprint density at radius 3 is 2.50 bits per heavy atom. The first kappa shape index (κ1) is 6.97. The molecule has 0 aromatic rings. The van der Waals surface area contributed by atoms with Gasteiger partial charge in [-0.1, -0.05) is 0 Å². The molecule has 1 amide bonds. The van der Waals surface area contributed by atoms with Crippen molar-refractivity contribution in [1.29, 1.82) is 0 Å². The summed E-state index contributed by atoms with van der Waals surface area (Å²) in [5, 5.41) is 8.06. The van der Waals surface area contributed by atoms with Gasteiger partial charge in [-0.2, -0.15) is 0 Å². The minimum atomic E-state index is -0.580. The van der Waals surface area contributed by atoms with Crippen LogP contribution in [0.25, 0.3) is 0 Å². The Labute approximate surface area is 46.9 Å². The summed E-state index contributed by atoms with van der Waals surface area (Å²) < 4.78 is 0. The van der Waals surface area contributed by atoms with Crippen LogP contribution in [0, 0.1) is 0 Å². The maximum absolute atomic E-state index is 9.96. The minimum Gasteiger partial charge on any atom is -0.366 e. The Kier molecular flexibility index (Phi) is 2.64. The summed E-state index contributed by atoms with van der Waals surface area (Å²) in [6.45, 7) is 1.52. The van der Waals surface area contributed by atoms with Gasteiger partial charge < -0.3 is 5.73 Å². The van der Waals surface area contributed by atoms with Crippen molar-refractivity contribution in [3.05, 3.63) is 11.8 Å². The van der Waals surface area contributed by atoms with Gasteiger partial charge in [-0.3, -0.25) is 15.5 Å². The van der Waals surface area contributed by atoms with Gasteiger partial charge in [0.2, 0.25) is 5.91 Å². The van der Waals surface area contributed by atoms with Crippen LogP contribution < -0.4 is 11.2 Å². The molecule has 0 rings (SSSR count). The van der Waals surface area contributed by atoms with Crippen molar-refractivity contribution in [2.45, 2.75) is 6.92 Å². The second-order valence-electron chi connectivity index (χ2n) is 1.34. The second-order valence-corrected chi connectivity index (χ2v) is 1.34. The van der Waals surface area contributed by atoms with Crippen LogP contribution in [-0.2, 0) is 4.79 Å². The SMILES string of the molecule is CC(=CC(N)=O)NO. The first-order valence-electron chi connectivity index (χ1n) is 2.04. The molecule has 4 heteroatoms. The number of hydrogen-bond acceptors (Lipinski definition) is 3. The third-order valence-corrected chi connectivity index (χ3v) is 0.535. The Morgan fingerprint density at radius 1 is 1.88 bits per heavy atom. The van der Waals surface area contributed by atoms with Gasteiger partial charge in [0.25, 0.3) is 0 Å². The van der Waals surface area contributed by atoms with Crippen LogP contribution in [0.4, 0.5) is 0 Å². The van der Waals surface area contributed by atoms with Crippen LogP contribution in [0.5, 0.6) is 0 Å². The largest absolute Gasteiger partial charge is 0.366 e. The molecule has 0 radical (unpaired) electrons. The lowest BCUT2D eigenvalue weighted by Crippen LogP contribution is -2.11. The van der Waals surface area contributed by atoms with E-state index >= 15 is 0 Å². The van der Waals surface area contributed by atoms with Crippen molar-refractivity contribution in [1.82, 2.24) is 5.48 Å². The number of allylic oxidation sites excluding steroid dienone is 1. The lowest BCUT2D eigenvalue weighted by Gasteiger charge is -1.91. The van der Waals surface area contributed by atoms with Crippen LogP contribution in [0.2, 0.25) is 0 Å². The van der Waals surface area contributed by atoms with Crippen molar-refractivity contribution in [2.24, 2.45) is 5.73 Å². The zero-order valence-electron chi connectivity index (χ0n) is 4.51. The van der Waals surface area contributed by atoms with Gasteiger partial charge in [-0.05, 0) is 6.92 Å². The smallest absolute Gasteiger partial charge is 0.243 e. The van der Waals surface area contributed by atoms with E-state index in [0.29, 0.717) is 5.70 Å². The van der Waals surface area contributed by atoms with Crippen LogP contribution in [0.1, 0.15) is 6.92 Å². The number of primary amides is 1. The molecule has 0 heterocycles. The van der Waals surface area contributed by atoms with Gasteiger partial charge in [-0.15, -0.1) is 0 Å². The summed E-state index contributed by atoms with van der Waals surface area (Å²) in [5.74, 6) is -0.580. The molecule has 0 aromatic carbocycles. The van der Waals surface area contributed by atoms with Crippen LogP contribution in [-0.4, -0.2) is 11.1 Å². The van der Waals surface area contributed by atoms with Gasteiger partial charge in [-0.25, -0.2) is 0 Å². The maximum Gasteiger partial charge on any atom is 0.243 e. The Bertz CT molecular complexity index is 119. The molecule has 0 aliphatic heterocycles. The predicted molar refractivity (Wildman–Crippen MR) is 27.9 cm³/mol. The Balaban J connectivity index is 3.75. The highest BCUT2D eigenvalue weighted by Crippen LogP contribution is 1.79.